The summed E-state index contributed by atoms with van der Waals surface area (Å²) in [5.74, 6) is 1.70. The van der Waals surface area contributed by atoms with Crippen molar-refractivity contribution in [2.45, 2.75) is 52.7 Å². The Hall–Kier alpha value is -2.88. The zero-order chi connectivity index (χ0) is 19.9. The van der Waals surface area contributed by atoms with Gasteiger partial charge in [-0.2, -0.15) is 0 Å². The molecule has 0 N–H and O–H groups in total. The highest BCUT2D eigenvalue weighted by atomic mass is 16.5. The van der Waals surface area contributed by atoms with Gasteiger partial charge in [-0.05, 0) is 74.2 Å². The Morgan fingerprint density at radius 1 is 0.679 bits per heavy atom. The van der Waals surface area contributed by atoms with Crippen LogP contribution in [0.25, 0.3) is 22.3 Å². The molecule has 0 fully saturated rings. The molecule has 2 atom stereocenters. The van der Waals surface area contributed by atoms with Gasteiger partial charge >= 0.3 is 0 Å². The number of benzene rings is 1. The lowest BCUT2D eigenvalue weighted by molar-refractivity contribution is 0.212. The summed E-state index contributed by atoms with van der Waals surface area (Å²) in [6.45, 7) is 8.43. The van der Waals surface area contributed by atoms with Crippen molar-refractivity contribution in [3.63, 3.8) is 0 Å². The topological polar surface area (TPSA) is 44.2 Å². The van der Waals surface area contributed by atoms with Gasteiger partial charge in [-0.1, -0.05) is 13.8 Å². The molecule has 0 unspecified atom stereocenters. The quantitative estimate of drug-likeness (QED) is 0.472. The predicted molar refractivity (Wildman–Crippen MR) is 114 cm³/mol. The summed E-state index contributed by atoms with van der Waals surface area (Å²) in [4.78, 5) is 8.30. The molecule has 2 aromatic heterocycles. The van der Waals surface area contributed by atoms with Crippen LogP contribution in [0.1, 0.15) is 40.5 Å². The molecule has 0 aliphatic carbocycles. The molecule has 0 amide bonds. The van der Waals surface area contributed by atoms with E-state index >= 15 is 0 Å². The minimum atomic E-state index is 0.118. The summed E-state index contributed by atoms with van der Waals surface area (Å²) in [6, 6.07) is 12.2. The lowest BCUT2D eigenvalue weighted by Gasteiger charge is -2.22. The molecular formula is C24H28N2O2. The number of rotatable bonds is 8. The predicted octanol–water partition coefficient (Wildman–Crippen LogP) is 6.17. The highest BCUT2D eigenvalue weighted by Crippen LogP contribution is 2.41. The van der Waals surface area contributed by atoms with Crippen molar-refractivity contribution in [3.8, 4) is 33.8 Å². The Labute approximate surface area is 167 Å². The Kier molecular flexibility index (Phi) is 6.64. The number of pyridine rings is 2. The Balaban J connectivity index is 2.19. The van der Waals surface area contributed by atoms with E-state index in [1.54, 1.807) is 24.8 Å². The number of ether oxygens (including phenoxy) is 2. The molecule has 0 aliphatic rings. The maximum absolute atomic E-state index is 6.31. The standard InChI is InChI=1S/C24H28N2O2/c1-5-17(3)27-23-15-22(20-9-13-26-14-10-20)24(28-18(4)6-2)16-21(23)19-7-11-25-12-8-19/h7-18H,5-6H2,1-4H3/t17-,18-/m1/s1. The Morgan fingerprint density at radius 3 is 1.36 bits per heavy atom. The van der Waals surface area contributed by atoms with E-state index in [0.29, 0.717) is 0 Å². The van der Waals surface area contributed by atoms with Crippen molar-refractivity contribution in [2.75, 3.05) is 0 Å². The van der Waals surface area contributed by atoms with Crippen LogP contribution in [0.4, 0.5) is 0 Å². The average molecular weight is 377 g/mol. The van der Waals surface area contributed by atoms with Crippen LogP contribution in [0.3, 0.4) is 0 Å². The van der Waals surface area contributed by atoms with Gasteiger partial charge in [-0.3, -0.25) is 9.97 Å². The first-order valence-electron chi connectivity index (χ1n) is 9.94. The van der Waals surface area contributed by atoms with Crippen LogP contribution >= 0.6 is 0 Å². The smallest absolute Gasteiger partial charge is 0.128 e. The van der Waals surface area contributed by atoms with Gasteiger partial charge in [-0.25, -0.2) is 0 Å². The highest BCUT2D eigenvalue weighted by molar-refractivity contribution is 5.81. The van der Waals surface area contributed by atoms with E-state index in [0.717, 1.165) is 46.6 Å². The second-order valence-corrected chi connectivity index (χ2v) is 6.99. The van der Waals surface area contributed by atoms with E-state index in [2.05, 4.69) is 49.8 Å². The maximum atomic E-state index is 6.31. The molecule has 3 aromatic rings. The van der Waals surface area contributed by atoms with Crippen LogP contribution in [0.15, 0.2) is 61.2 Å². The van der Waals surface area contributed by atoms with E-state index < -0.39 is 0 Å². The van der Waals surface area contributed by atoms with Gasteiger partial charge in [0.15, 0.2) is 0 Å². The van der Waals surface area contributed by atoms with Crippen LogP contribution in [0.5, 0.6) is 11.5 Å². The molecule has 146 valence electrons. The summed E-state index contributed by atoms with van der Waals surface area (Å²) < 4.78 is 12.6. The second-order valence-electron chi connectivity index (χ2n) is 6.99. The molecule has 0 radical (unpaired) electrons. The van der Waals surface area contributed by atoms with Crippen LogP contribution < -0.4 is 9.47 Å². The second kappa shape index (κ2) is 9.36. The van der Waals surface area contributed by atoms with Crippen molar-refractivity contribution in [1.82, 2.24) is 9.97 Å². The third kappa shape index (κ3) is 4.69. The van der Waals surface area contributed by atoms with Crippen LogP contribution in [0.2, 0.25) is 0 Å². The van der Waals surface area contributed by atoms with Gasteiger partial charge < -0.3 is 9.47 Å². The Bertz CT molecular complexity index is 807. The average Bonchev–Trinajstić information content (AvgIpc) is 2.75. The monoisotopic (exact) mass is 376 g/mol. The SMILES string of the molecule is CC[C@@H](C)Oc1cc(-c2ccncc2)c(O[C@H](C)CC)cc1-c1ccncc1. The van der Waals surface area contributed by atoms with Crippen molar-refractivity contribution in [3.05, 3.63) is 61.2 Å². The van der Waals surface area contributed by atoms with Crippen molar-refractivity contribution in [2.24, 2.45) is 0 Å². The van der Waals surface area contributed by atoms with Gasteiger partial charge in [-0.15, -0.1) is 0 Å². The molecule has 0 aliphatic heterocycles. The molecule has 2 heterocycles. The number of nitrogens with zero attached hydrogens (tertiary/aromatic N) is 2. The van der Waals surface area contributed by atoms with Crippen LogP contribution in [0, 0.1) is 0 Å². The van der Waals surface area contributed by atoms with Crippen molar-refractivity contribution >= 4 is 0 Å². The summed E-state index contributed by atoms with van der Waals surface area (Å²) in [5.41, 5.74) is 4.14. The molecule has 4 heteroatoms. The van der Waals surface area contributed by atoms with E-state index in [1.165, 1.54) is 0 Å². The normalized spacial score (nSPS) is 13.0. The van der Waals surface area contributed by atoms with Crippen LogP contribution in [-0.2, 0) is 0 Å². The number of aromatic nitrogens is 2. The largest absolute Gasteiger partial charge is 0.490 e. The first-order chi connectivity index (χ1) is 13.6. The van der Waals surface area contributed by atoms with Crippen molar-refractivity contribution in [1.29, 1.82) is 0 Å². The fourth-order valence-corrected chi connectivity index (χ4v) is 2.87. The molecular weight excluding hydrogens is 348 g/mol. The first-order valence-corrected chi connectivity index (χ1v) is 9.94. The molecule has 0 spiro atoms. The fourth-order valence-electron chi connectivity index (χ4n) is 2.87. The molecule has 1 aromatic carbocycles. The third-order valence-corrected chi connectivity index (χ3v) is 4.87. The number of hydrogen-bond donors (Lipinski definition) is 0. The zero-order valence-corrected chi connectivity index (χ0v) is 17.1. The maximum Gasteiger partial charge on any atom is 0.128 e. The van der Waals surface area contributed by atoms with E-state index in [4.69, 9.17) is 9.47 Å². The molecule has 4 nitrogen and oxygen atoms in total. The van der Waals surface area contributed by atoms with E-state index in [-0.39, 0.29) is 12.2 Å². The van der Waals surface area contributed by atoms with Gasteiger partial charge in [0, 0.05) is 35.9 Å². The summed E-state index contributed by atoms with van der Waals surface area (Å²) >= 11 is 0. The van der Waals surface area contributed by atoms with E-state index in [1.807, 2.05) is 24.3 Å². The Morgan fingerprint density at radius 2 is 1.04 bits per heavy atom. The van der Waals surface area contributed by atoms with Gasteiger partial charge in [0.05, 0.1) is 12.2 Å². The fraction of sp³-hybridized carbons (Fsp3) is 0.333. The summed E-state index contributed by atoms with van der Waals surface area (Å²) in [6.07, 6.45) is 9.31. The molecule has 0 saturated carbocycles. The summed E-state index contributed by atoms with van der Waals surface area (Å²) in [7, 11) is 0. The molecule has 0 bridgehead atoms. The van der Waals surface area contributed by atoms with Gasteiger partial charge in [0.25, 0.3) is 0 Å². The molecule has 28 heavy (non-hydrogen) atoms. The highest BCUT2D eigenvalue weighted by Gasteiger charge is 2.18. The zero-order valence-electron chi connectivity index (χ0n) is 17.1. The summed E-state index contributed by atoms with van der Waals surface area (Å²) in [5, 5.41) is 0. The lowest BCUT2D eigenvalue weighted by atomic mass is 9.98. The first kappa shape index (κ1) is 19.9. The number of hydrogen-bond acceptors (Lipinski definition) is 4. The third-order valence-electron chi connectivity index (χ3n) is 4.87. The minimum absolute atomic E-state index is 0.118. The lowest BCUT2D eigenvalue weighted by Crippen LogP contribution is -2.13. The molecule has 0 saturated heterocycles. The minimum Gasteiger partial charge on any atom is -0.490 e. The van der Waals surface area contributed by atoms with Crippen LogP contribution in [-0.4, -0.2) is 22.2 Å². The van der Waals surface area contributed by atoms with Crippen molar-refractivity contribution < 1.29 is 9.47 Å². The van der Waals surface area contributed by atoms with Gasteiger partial charge in [0.1, 0.15) is 11.5 Å². The van der Waals surface area contributed by atoms with E-state index in [9.17, 15) is 0 Å². The molecule has 3 rings (SSSR count). The van der Waals surface area contributed by atoms with Gasteiger partial charge in [0.2, 0.25) is 0 Å².